The van der Waals surface area contributed by atoms with Gasteiger partial charge in [0.15, 0.2) is 0 Å². The van der Waals surface area contributed by atoms with Crippen LogP contribution in [0.3, 0.4) is 0 Å². The highest BCUT2D eigenvalue weighted by Crippen LogP contribution is 2.42. The first-order valence-electron chi connectivity index (χ1n) is 11.0. The summed E-state index contributed by atoms with van der Waals surface area (Å²) in [5.41, 5.74) is 3.57. The van der Waals surface area contributed by atoms with Crippen LogP contribution < -0.4 is 10.2 Å². The summed E-state index contributed by atoms with van der Waals surface area (Å²) in [5, 5.41) is 3.23. The van der Waals surface area contributed by atoms with Crippen molar-refractivity contribution in [2.24, 2.45) is 11.8 Å². The molecule has 2 aromatic carbocycles. The van der Waals surface area contributed by atoms with E-state index in [4.69, 9.17) is 0 Å². The summed E-state index contributed by atoms with van der Waals surface area (Å²) in [6.07, 6.45) is 5.36. The maximum Gasteiger partial charge on any atom is 0.264 e. The second-order valence-corrected chi connectivity index (χ2v) is 10.0. The van der Waals surface area contributed by atoms with Gasteiger partial charge in [-0.1, -0.05) is 68.3 Å². The number of hydrogen-bond acceptors (Lipinski definition) is 3. The summed E-state index contributed by atoms with van der Waals surface area (Å²) in [4.78, 5) is 29.2. The van der Waals surface area contributed by atoms with Crippen molar-refractivity contribution in [3.05, 3.63) is 64.1 Å². The van der Waals surface area contributed by atoms with Crippen LogP contribution in [0.5, 0.6) is 0 Å². The summed E-state index contributed by atoms with van der Waals surface area (Å²) in [7, 11) is 1.78. The molecular weight excluding hydrogens is 404 g/mol. The van der Waals surface area contributed by atoms with Crippen molar-refractivity contribution in [3.63, 3.8) is 0 Å². The summed E-state index contributed by atoms with van der Waals surface area (Å²) in [6, 6.07) is 14.0. The molecule has 3 atom stereocenters. The second kappa shape index (κ2) is 8.91. The van der Waals surface area contributed by atoms with Crippen LogP contribution >= 0.6 is 11.8 Å². The maximum absolute atomic E-state index is 13.0. The predicted octanol–water partition coefficient (Wildman–Crippen LogP) is 5.66. The Kier molecular flexibility index (Phi) is 6.24. The largest absolute Gasteiger partial charge is 0.349 e. The SMILES string of the molecule is Cc1cccc(/C=C2\Sc3ccc(C(=O)N[C@@H]4CCC[C@H](C)[C@@H]4C)cc3N(C)C2=O)c1. The van der Waals surface area contributed by atoms with Crippen molar-refractivity contribution in [1.29, 1.82) is 0 Å². The van der Waals surface area contributed by atoms with Crippen molar-refractivity contribution < 1.29 is 9.59 Å². The van der Waals surface area contributed by atoms with Crippen LogP contribution in [0, 0.1) is 18.8 Å². The standard InChI is InChI=1S/C26H30N2O2S/c1-16-7-5-9-19(13-16)14-24-26(30)28(4)22-15-20(11-12-23(22)31-24)25(29)27-21-10-6-8-17(2)18(21)3/h5,7,9,11-15,17-18,21H,6,8,10H2,1-4H3,(H,27,29)/b24-14-/t17-,18-,21+/m0/s1. The van der Waals surface area contributed by atoms with Gasteiger partial charge in [0.05, 0.1) is 10.6 Å². The van der Waals surface area contributed by atoms with Gasteiger partial charge in [0, 0.05) is 23.5 Å². The number of likely N-dealkylation sites (N-methyl/N-ethyl adjacent to an activating group) is 1. The molecule has 0 unspecified atom stereocenters. The average molecular weight is 435 g/mol. The molecule has 2 aromatic rings. The summed E-state index contributed by atoms with van der Waals surface area (Å²) < 4.78 is 0. The quantitative estimate of drug-likeness (QED) is 0.634. The fourth-order valence-corrected chi connectivity index (χ4v) is 5.58. The molecule has 1 aliphatic heterocycles. The Hall–Kier alpha value is -2.53. The number of fused-ring (bicyclic) bond motifs is 1. The van der Waals surface area contributed by atoms with Gasteiger partial charge in [-0.3, -0.25) is 9.59 Å². The molecule has 162 valence electrons. The number of anilines is 1. The molecule has 0 spiro atoms. The first-order valence-corrected chi connectivity index (χ1v) is 11.8. The normalized spacial score (nSPS) is 24.8. The third-order valence-electron chi connectivity index (χ3n) is 6.68. The molecular formula is C26H30N2O2S. The van der Waals surface area contributed by atoms with E-state index in [1.165, 1.54) is 18.2 Å². The highest BCUT2D eigenvalue weighted by atomic mass is 32.2. The number of amides is 2. The van der Waals surface area contributed by atoms with Crippen LogP contribution in [-0.4, -0.2) is 24.9 Å². The minimum Gasteiger partial charge on any atom is -0.349 e. The van der Waals surface area contributed by atoms with Gasteiger partial charge in [-0.25, -0.2) is 0 Å². The molecule has 4 rings (SSSR count). The Morgan fingerprint density at radius 3 is 2.74 bits per heavy atom. The van der Waals surface area contributed by atoms with E-state index >= 15 is 0 Å². The van der Waals surface area contributed by atoms with E-state index in [-0.39, 0.29) is 17.9 Å². The first-order chi connectivity index (χ1) is 14.8. The molecule has 2 aliphatic rings. The Labute approximate surface area is 189 Å². The summed E-state index contributed by atoms with van der Waals surface area (Å²) >= 11 is 1.46. The highest BCUT2D eigenvalue weighted by molar-refractivity contribution is 8.04. The monoisotopic (exact) mass is 434 g/mol. The lowest BCUT2D eigenvalue weighted by atomic mass is 9.78. The summed E-state index contributed by atoms with van der Waals surface area (Å²) in [5.74, 6) is 0.998. The van der Waals surface area contributed by atoms with Crippen LogP contribution in [-0.2, 0) is 4.79 Å². The van der Waals surface area contributed by atoms with E-state index in [0.717, 1.165) is 34.6 Å². The zero-order valence-electron chi connectivity index (χ0n) is 18.6. The predicted molar refractivity (Wildman–Crippen MR) is 128 cm³/mol. The molecule has 0 bridgehead atoms. The van der Waals surface area contributed by atoms with Crippen molar-refractivity contribution >= 4 is 35.3 Å². The van der Waals surface area contributed by atoms with Gasteiger partial charge in [-0.2, -0.15) is 0 Å². The molecule has 1 heterocycles. The third kappa shape index (κ3) is 4.57. The number of nitrogens with one attached hydrogen (secondary N) is 1. The molecule has 1 N–H and O–H groups in total. The molecule has 2 amide bonds. The van der Waals surface area contributed by atoms with Gasteiger partial charge in [0.2, 0.25) is 0 Å². The number of aryl methyl sites for hydroxylation is 1. The Bertz CT molecular complexity index is 1050. The van der Waals surface area contributed by atoms with Crippen LogP contribution in [0.25, 0.3) is 6.08 Å². The van der Waals surface area contributed by atoms with Gasteiger partial charge in [-0.15, -0.1) is 0 Å². The fourth-order valence-electron chi connectivity index (χ4n) is 4.48. The van der Waals surface area contributed by atoms with Crippen molar-refractivity contribution in [3.8, 4) is 0 Å². The minimum absolute atomic E-state index is 0.0497. The van der Waals surface area contributed by atoms with E-state index in [1.807, 2.05) is 49.4 Å². The molecule has 31 heavy (non-hydrogen) atoms. The Morgan fingerprint density at radius 1 is 1.16 bits per heavy atom. The molecule has 1 fully saturated rings. The Morgan fingerprint density at radius 2 is 1.97 bits per heavy atom. The zero-order chi connectivity index (χ0) is 22.1. The van der Waals surface area contributed by atoms with Crippen molar-refractivity contribution in [1.82, 2.24) is 5.32 Å². The van der Waals surface area contributed by atoms with E-state index in [1.54, 1.807) is 11.9 Å². The van der Waals surface area contributed by atoms with E-state index < -0.39 is 0 Å². The molecule has 0 saturated heterocycles. The lowest BCUT2D eigenvalue weighted by Gasteiger charge is -2.34. The molecule has 1 saturated carbocycles. The number of nitrogens with zero attached hydrogens (tertiary/aromatic N) is 1. The highest BCUT2D eigenvalue weighted by Gasteiger charge is 2.30. The third-order valence-corrected chi connectivity index (χ3v) is 7.76. The van der Waals surface area contributed by atoms with E-state index in [9.17, 15) is 9.59 Å². The van der Waals surface area contributed by atoms with Crippen molar-refractivity contribution in [2.75, 3.05) is 11.9 Å². The van der Waals surface area contributed by atoms with Gasteiger partial charge in [-0.05, 0) is 55.0 Å². The van der Waals surface area contributed by atoms with E-state index in [0.29, 0.717) is 22.3 Å². The zero-order valence-corrected chi connectivity index (χ0v) is 19.5. The fraction of sp³-hybridized carbons (Fsp3) is 0.385. The van der Waals surface area contributed by atoms with Crippen LogP contribution in [0.1, 0.15) is 54.6 Å². The number of rotatable bonds is 3. The van der Waals surface area contributed by atoms with Gasteiger partial charge >= 0.3 is 0 Å². The number of thioether (sulfide) groups is 1. The number of hydrogen-bond donors (Lipinski definition) is 1. The maximum atomic E-state index is 13.0. The lowest BCUT2D eigenvalue weighted by molar-refractivity contribution is -0.114. The molecule has 5 heteroatoms. The number of benzene rings is 2. The minimum atomic E-state index is -0.0549. The molecule has 0 aromatic heterocycles. The second-order valence-electron chi connectivity index (χ2n) is 8.92. The van der Waals surface area contributed by atoms with E-state index in [2.05, 4.69) is 25.2 Å². The smallest absolute Gasteiger partial charge is 0.264 e. The molecule has 1 aliphatic carbocycles. The molecule has 4 nitrogen and oxygen atoms in total. The van der Waals surface area contributed by atoms with Crippen LogP contribution in [0.15, 0.2) is 52.3 Å². The first kappa shape index (κ1) is 21.7. The number of carbonyl (C=O) groups excluding carboxylic acids is 2. The lowest BCUT2D eigenvalue weighted by Crippen LogP contribution is -2.43. The topological polar surface area (TPSA) is 49.4 Å². The average Bonchev–Trinajstić information content (AvgIpc) is 2.75. The van der Waals surface area contributed by atoms with Crippen molar-refractivity contribution in [2.45, 2.75) is 51.0 Å². The van der Waals surface area contributed by atoms with Gasteiger partial charge in [0.25, 0.3) is 11.8 Å². The number of carbonyl (C=O) groups is 2. The van der Waals surface area contributed by atoms with Crippen LogP contribution in [0.4, 0.5) is 5.69 Å². The summed E-state index contributed by atoms with van der Waals surface area (Å²) in [6.45, 7) is 6.54. The van der Waals surface area contributed by atoms with Gasteiger partial charge in [0.1, 0.15) is 0 Å². The van der Waals surface area contributed by atoms with Gasteiger partial charge < -0.3 is 10.2 Å². The van der Waals surface area contributed by atoms with Crippen LogP contribution in [0.2, 0.25) is 0 Å². The Balaban J connectivity index is 1.55. The molecule has 0 radical (unpaired) electrons.